The molecule has 0 bridgehead atoms. The minimum absolute atomic E-state index is 0.133. The van der Waals surface area contributed by atoms with E-state index in [1.54, 1.807) is 7.05 Å². The van der Waals surface area contributed by atoms with Crippen molar-refractivity contribution in [2.45, 2.75) is 25.9 Å². The van der Waals surface area contributed by atoms with Crippen LogP contribution in [0.15, 0.2) is 72.9 Å². The topological polar surface area (TPSA) is 107 Å². The van der Waals surface area contributed by atoms with Gasteiger partial charge >= 0.3 is 11.9 Å². The molecule has 3 aromatic rings. The van der Waals surface area contributed by atoms with Gasteiger partial charge < -0.3 is 19.6 Å². The minimum Gasteiger partial charge on any atom is -0.493 e. The molecule has 1 heterocycles. The summed E-state index contributed by atoms with van der Waals surface area (Å²) >= 11 is 0. The highest BCUT2D eigenvalue weighted by molar-refractivity contribution is 5.98. The predicted molar refractivity (Wildman–Crippen MR) is 128 cm³/mol. The Bertz CT molecular complexity index is 1130. The molecule has 1 atom stereocenters. The maximum Gasteiger partial charge on any atom is 0.347 e. The molecule has 0 radical (unpaired) electrons. The minimum atomic E-state index is -1.03. The van der Waals surface area contributed by atoms with Gasteiger partial charge in [0.15, 0.2) is 11.4 Å². The number of hydrogen-bond donors (Lipinski definition) is 1. The summed E-state index contributed by atoms with van der Waals surface area (Å²) in [7, 11) is 3.02. The molecular formula is C26H27N3O6. The van der Waals surface area contributed by atoms with Gasteiger partial charge in [0.2, 0.25) is 5.75 Å². The Morgan fingerprint density at radius 2 is 1.51 bits per heavy atom. The van der Waals surface area contributed by atoms with Crippen molar-refractivity contribution >= 4 is 17.8 Å². The third kappa shape index (κ3) is 6.42. The second-order valence-corrected chi connectivity index (χ2v) is 7.66. The highest BCUT2D eigenvalue weighted by atomic mass is 16.7. The number of pyridine rings is 1. The normalized spacial score (nSPS) is 11.6. The molecule has 0 saturated heterocycles. The Labute approximate surface area is 203 Å². The molecule has 35 heavy (non-hydrogen) atoms. The highest BCUT2D eigenvalue weighted by Gasteiger charge is 2.28. The molecular weight excluding hydrogens is 450 g/mol. The van der Waals surface area contributed by atoms with Crippen molar-refractivity contribution in [1.29, 1.82) is 0 Å². The summed E-state index contributed by atoms with van der Waals surface area (Å²) in [6, 6.07) is 19.3. The van der Waals surface area contributed by atoms with Gasteiger partial charge in [-0.3, -0.25) is 9.59 Å². The smallest absolute Gasteiger partial charge is 0.347 e. The van der Waals surface area contributed by atoms with Gasteiger partial charge in [-0.1, -0.05) is 60.7 Å². The number of nitrogens with one attached hydrogen (secondary N) is 1. The van der Waals surface area contributed by atoms with Crippen molar-refractivity contribution in [2.24, 2.45) is 0 Å². The third-order valence-electron chi connectivity index (χ3n) is 5.08. The first-order valence-electron chi connectivity index (χ1n) is 10.9. The molecule has 0 aliphatic carbocycles. The van der Waals surface area contributed by atoms with Crippen LogP contribution in [0.4, 0.5) is 0 Å². The van der Waals surface area contributed by atoms with E-state index in [0.29, 0.717) is 0 Å². The zero-order chi connectivity index (χ0) is 25.4. The lowest BCUT2D eigenvalue weighted by molar-refractivity contribution is -0.193. The van der Waals surface area contributed by atoms with Gasteiger partial charge in [0.25, 0.3) is 5.91 Å². The average Bonchev–Trinajstić information content (AvgIpc) is 2.85. The van der Waals surface area contributed by atoms with E-state index in [-0.39, 0.29) is 23.2 Å². The fourth-order valence-corrected chi connectivity index (χ4v) is 3.48. The molecule has 9 nitrogen and oxygen atoms in total. The molecule has 9 heteroatoms. The SMILES string of the molecule is COc1ccnc(C(=O)N[C@@H](C)C(=O)ON(C)C(c2ccccc2)c2ccccc2)c1OC(C)=O. The molecule has 3 rings (SSSR count). The van der Waals surface area contributed by atoms with Crippen LogP contribution in [-0.2, 0) is 14.4 Å². The van der Waals surface area contributed by atoms with E-state index in [9.17, 15) is 14.4 Å². The van der Waals surface area contributed by atoms with Gasteiger partial charge in [0.1, 0.15) is 6.04 Å². The third-order valence-corrected chi connectivity index (χ3v) is 5.08. The van der Waals surface area contributed by atoms with Gasteiger partial charge in [-0.25, -0.2) is 9.78 Å². The molecule has 182 valence electrons. The summed E-state index contributed by atoms with van der Waals surface area (Å²) in [5, 5.41) is 3.98. The highest BCUT2D eigenvalue weighted by Crippen LogP contribution is 2.30. The number of hydroxylamine groups is 2. The number of rotatable bonds is 9. The Balaban J connectivity index is 1.75. The molecule has 1 N–H and O–H groups in total. The molecule has 1 aromatic heterocycles. The monoisotopic (exact) mass is 477 g/mol. The van der Waals surface area contributed by atoms with Crippen molar-refractivity contribution in [1.82, 2.24) is 15.4 Å². The maximum absolute atomic E-state index is 12.9. The van der Waals surface area contributed by atoms with E-state index in [2.05, 4.69) is 10.3 Å². The predicted octanol–water partition coefficient (Wildman–Crippen LogP) is 3.31. The van der Waals surface area contributed by atoms with Crippen LogP contribution in [-0.4, -0.2) is 48.1 Å². The first kappa shape index (κ1) is 25.4. The van der Waals surface area contributed by atoms with E-state index in [0.717, 1.165) is 11.1 Å². The largest absolute Gasteiger partial charge is 0.493 e. The number of benzene rings is 2. The second-order valence-electron chi connectivity index (χ2n) is 7.66. The zero-order valence-corrected chi connectivity index (χ0v) is 19.9. The van der Waals surface area contributed by atoms with Crippen LogP contribution in [0.5, 0.6) is 11.5 Å². The van der Waals surface area contributed by atoms with Crippen LogP contribution in [0.3, 0.4) is 0 Å². The van der Waals surface area contributed by atoms with Crippen LogP contribution in [0.25, 0.3) is 0 Å². The molecule has 0 spiro atoms. The number of aromatic nitrogens is 1. The van der Waals surface area contributed by atoms with Gasteiger partial charge in [-0.2, -0.15) is 0 Å². The summed E-state index contributed by atoms with van der Waals surface area (Å²) in [5.74, 6) is -2.04. The molecule has 0 fully saturated rings. The molecule has 0 unspecified atom stereocenters. The number of methoxy groups -OCH3 is 1. The quantitative estimate of drug-likeness (QED) is 0.370. The summed E-state index contributed by atoms with van der Waals surface area (Å²) < 4.78 is 10.3. The summed E-state index contributed by atoms with van der Waals surface area (Å²) in [6.45, 7) is 2.68. The number of carbonyl (C=O) groups excluding carboxylic acids is 3. The standard InChI is InChI=1S/C26H27N3O6/c1-17(28-25(31)22-24(34-18(2)30)21(33-4)15-16-27-22)26(32)35-29(3)23(19-11-7-5-8-12-19)20-13-9-6-10-14-20/h5-17,23H,1-4H3,(H,28,31)/t17-/m0/s1. The lowest BCUT2D eigenvalue weighted by Gasteiger charge is -2.28. The van der Waals surface area contributed by atoms with E-state index in [1.807, 2.05) is 60.7 Å². The molecule has 1 amide bonds. The Hall–Kier alpha value is -4.24. The van der Waals surface area contributed by atoms with E-state index in [1.165, 1.54) is 38.3 Å². The van der Waals surface area contributed by atoms with Gasteiger partial charge in [-0.15, -0.1) is 5.06 Å². The summed E-state index contributed by atoms with van der Waals surface area (Å²) in [5.41, 5.74) is 1.66. The van der Waals surface area contributed by atoms with Crippen molar-refractivity contribution in [3.8, 4) is 11.5 Å². The average molecular weight is 478 g/mol. The number of nitrogens with zero attached hydrogens (tertiary/aromatic N) is 2. The van der Waals surface area contributed by atoms with Gasteiger partial charge in [0.05, 0.1) is 13.2 Å². The first-order chi connectivity index (χ1) is 16.8. The van der Waals surface area contributed by atoms with E-state index < -0.39 is 23.9 Å². The molecule has 0 aliphatic rings. The molecule has 0 saturated carbocycles. The Morgan fingerprint density at radius 3 is 2.03 bits per heavy atom. The van der Waals surface area contributed by atoms with Gasteiger partial charge in [0, 0.05) is 26.2 Å². The van der Waals surface area contributed by atoms with E-state index >= 15 is 0 Å². The maximum atomic E-state index is 12.9. The fraction of sp³-hybridized carbons (Fsp3) is 0.231. The summed E-state index contributed by atoms with van der Waals surface area (Å²) in [6.07, 6.45) is 1.34. The number of amides is 1. The first-order valence-corrected chi connectivity index (χ1v) is 10.9. The van der Waals surface area contributed by atoms with Crippen molar-refractivity contribution < 1.29 is 28.7 Å². The van der Waals surface area contributed by atoms with Gasteiger partial charge in [-0.05, 0) is 18.1 Å². The van der Waals surface area contributed by atoms with Crippen molar-refractivity contribution in [3.05, 3.63) is 89.7 Å². The van der Waals surface area contributed by atoms with Crippen molar-refractivity contribution in [2.75, 3.05) is 14.2 Å². The zero-order valence-electron chi connectivity index (χ0n) is 19.9. The number of esters is 1. The summed E-state index contributed by atoms with van der Waals surface area (Å²) in [4.78, 5) is 46.8. The van der Waals surface area contributed by atoms with E-state index in [4.69, 9.17) is 14.3 Å². The molecule has 2 aromatic carbocycles. The van der Waals surface area contributed by atoms with Crippen LogP contribution >= 0.6 is 0 Å². The Kier molecular flexibility index (Phi) is 8.53. The van der Waals surface area contributed by atoms with Crippen molar-refractivity contribution in [3.63, 3.8) is 0 Å². The number of carbonyl (C=O) groups is 3. The second kappa shape index (κ2) is 11.8. The number of hydrogen-bond acceptors (Lipinski definition) is 8. The van der Waals surface area contributed by atoms with Crippen LogP contribution in [0.1, 0.15) is 41.5 Å². The van der Waals surface area contributed by atoms with Crippen LogP contribution in [0.2, 0.25) is 0 Å². The lowest BCUT2D eigenvalue weighted by atomic mass is 9.99. The van der Waals surface area contributed by atoms with Crippen LogP contribution < -0.4 is 14.8 Å². The Morgan fingerprint density at radius 1 is 0.943 bits per heavy atom. The van der Waals surface area contributed by atoms with Crippen LogP contribution in [0, 0.1) is 0 Å². The molecule has 0 aliphatic heterocycles. The lowest BCUT2D eigenvalue weighted by Crippen LogP contribution is -2.43. The number of ether oxygens (including phenoxy) is 2. The fourth-order valence-electron chi connectivity index (χ4n) is 3.48.